The van der Waals surface area contributed by atoms with Gasteiger partial charge in [0.2, 0.25) is 10.0 Å². The van der Waals surface area contributed by atoms with Gasteiger partial charge in [0.1, 0.15) is 17.5 Å². The molecule has 0 radical (unpaired) electrons. The minimum Gasteiger partial charge on any atom is -0.292 e. The number of benzene rings is 1. The Balaban J connectivity index is 1.81. The van der Waals surface area contributed by atoms with Gasteiger partial charge in [-0.3, -0.25) is 4.98 Å². The Bertz CT molecular complexity index is 889. The maximum atomic E-state index is 13.7. The van der Waals surface area contributed by atoms with E-state index < -0.39 is 39.1 Å². The summed E-state index contributed by atoms with van der Waals surface area (Å²) in [5.41, 5.74) is -0.751. The van der Waals surface area contributed by atoms with Gasteiger partial charge in [0.05, 0.1) is 11.8 Å². The number of sulfonamides is 1. The minimum absolute atomic E-state index is 0.243. The summed E-state index contributed by atoms with van der Waals surface area (Å²) in [6.07, 6.45) is 1.74. The highest BCUT2D eigenvalue weighted by Gasteiger charge is 2.35. The van der Waals surface area contributed by atoms with E-state index in [1.807, 2.05) is 0 Å². The lowest BCUT2D eigenvalue weighted by Gasteiger charge is -2.33. The molecule has 2 aromatic rings. The van der Waals surface area contributed by atoms with Crippen LogP contribution in [0, 0.1) is 11.6 Å². The van der Waals surface area contributed by atoms with Crippen LogP contribution in [0.1, 0.15) is 36.7 Å². The van der Waals surface area contributed by atoms with E-state index in [0.717, 1.165) is 18.6 Å². The van der Waals surface area contributed by atoms with Crippen LogP contribution in [0.3, 0.4) is 0 Å². The lowest BCUT2D eigenvalue weighted by molar-refractivity contribution is 0.247. The van der Waals surface area contributed by atoms with Gasteiger partial charge in [0.15, 0.2) is 0 Å². The third kappa shape index (κ3) is 3.79. The van der Waals surface area contributed by atoms with Gasteiger partial charge >= 0.3 is 5.69 Å². The highest BCUT2D eigenvalue weighted by Crippen LogP contribution is 2.31. The fraction of sp³-hybridized carbons (Fsp3) is 0.467. The van der Waals surface area contributed by atoms with Gasteiger partial charge in [-0.15, -0.1) is 0 Å². The van der Waals surface area contributed by atoms with Crippen molar-refractivity contribution in [2.24, 2.45) is 0 Å². The summed E-state index contributed by atoms with van der Waals surface area (Å²) in [4.78, 5) is 13.7. The number of rotatable bonds is 5. The van der Waals surface area contributed by atoms with Crippen molar-refractivity contribution < 1.29 is 17.2 Å². The average molecular weight is 372 g/mol. The third-order valence-electron chi connectivity index (χ3n) is 4.32. The van der Waals surface area contributed by atoms with Crippen LogP contribution in [0.15, 0.2) is 23.0 Å². The number of aromatic nitrogens is 3. The van der Waals surface area contributed by atoms with Crippen molar-refractivity contribution in [3.05, 3.63) is 51.7 Å². The quantitative estimate of drug-likeness (QED) is 0.830. The van der Waals surface area contributed by atoms with Crippen molar-refractivity contribution in [2.75, 3.05) is 12.3 Å². The van der Waals surface area contributed by atoms with Gasteiger partial charge in [0, 0.05) is 12.1 Å². The molecular formula is C15H18F2N4O3S. The first kappa shape index (κ1) is 17.7. The Morgan fingerprint density at radius 2 is 1.96 bits per heavy atom. The van der Waals surface area contributed by atoms with E-state index in [2.05, 4.69) is 15.2 Å². The van der Waals surface area contributed by atoms with Gasteiger partial charge in [0.25, 0.3) is 0 Å². The molecule has 0 spiro atoms. The number of nitrogens with one attached hydrogen (secondary N) is 2. The highest BCUT2D eigenvalue weighted by atomic mass is 32.2. The molecule has 1 unspecified atom stereocenters. The molecule has 1 aliphatic rings. The summed E-state index contributed by atoms with van der Waals surface area (Å²) in [6.45, 7) is 0.279. The average Bonchev–Trinajstić information content (AvgIpc) is 3.01. The third-order valence-corrected chi connectivity index (χ3v) is 6.19. The van der Waals surface area contributed by atoms with Crippen molar-refractivity contribution in [2.45, 2.75) is 31.7 Å². The Hall–Kier alpha value is -2.07. The number of piperidine rings is 1. The number of hydrogen-bond acceptors (Lipinski definition) is 4. The Morgan fingerprint density at radius 3 is 2.60 bits per heavy atom. The molecule has 136 valence electrons. The molecule has 1 aromatic carbocycles. The monoisotopic (exact) mass is 372 g/mol. The predicted octanol–water partition coefficient (Wildman–Crippen LogP) is 1.48. The van der Waals surface area contributed by atoms with E-state index in [-0.39, 0.29) is 24.4 Å². The summed E-state index contributed by atoms with van der Waals surface area (Å²) in [6, 6.07) is 2.85. The summed E-state index contributed by atoms with van der Waals surface area (Å²) >= 11 is 0. The van der Waals surface area contributed by atoms with E-state index in [4.69, 9.17) is 0 Å². The van der Waals surface area contributed by atoms with Crippen molar-refractivity contribution in [1.82, 2.24) is 19.5 Å². The molecule has 1 aromatic heterocycles. The molecular weight excluding hydrogens is 354 g/mol. The maximum Gasteiger partial charge on any atom is 0.340 e. The number of H-pyrrole nitrogens is 2. The molecule has 3 rings (SSSR count). The van der Waals surface area contributed by atoms with Crippen LogP contribution in [0.25, 0.3) is 0 Å². The van der Waals surface area contributed by atoms with Crippen LogP contribution in [0.4, 0.5) is 8.78 Å². The zero-order valence-electron chi connectivity index (χ0n) is 13.3. The zero-order valence-corrected chi connectivity index (χ0v) is 14.2. The van der Waals surface area contributed by atoms with Gasteiger partial charge in [-0.25, -0.2) is 27.1 Å². The van der Waals surface area contributed by atoms with Crippen LogP contribution in [0.2, 0.25) is 0 Å². The lowest BCUT2D eigenvalue weighted by Crippen LogP contribution is -2.40. The Labute approximate surface area is 143 Å². The summed E-state index contributed by atoms with van der Waals surface area (Å²) < 4.78 is 54.1. The number of nitrogens with zero attached hydrogens (tertiary/aromatic N) is 2. The normalized spacial score (nSPS) is 19.2. The molecule has 0 saturated carbocycles. The first-order valence-electron chi connectivity index (χ1n) is 7.95. The molecule has 1 atom stereocenters. The molecule has 2 N–H and O–H groups in total. The second kappa shape index (κ2) is 7.04. The van der Waals surface area contributed by atoms with Crippen molar-refractivity contribution in [1.29, 1.82) is 0 Å². The smallest absolute Gasteiger partial charge is 0.292 e. The van der Waals surface area contributed by atoms with Crippen molar-refractivity contribution in [3.8, 4) is 0 Å². The van der Waals surface area contributed by atoms with E-state index in [1.54, 1.807) is 0 Å². The molecule has 2 heterocycles. The number of halogens is 2. The first-order chi connectivity index (χ1) is 11.9. The number of aromatic amines is 2. The molecule has 10 heteroatoms. The second-order valence-corrected chi connectivity index (χ2v) is 7.99. The molecule has 0 amide bonds. The largest absolute Gasteiger partial charge is 0.340 e. The molecule has 1 saturated heterocycles. The second-order valence-electron chi connectivity index (χ2n) is 5.95. The van der Waals surface area contributed by atoms with Crippen LogP contribution < -0.4 is 5.69 Å². The van der Waals surface area contributed by atoms with Crippen LogP contribution in [-0.2, 0) is 16.4 Å². The molecule has 1 fully saturated rings. The van der Waals surface area contributed by atoms with E-state index in [0.29, 0.717) is 12.8 Å². The van der Waals surface area contributed by atoms with Crippen molar-refractivity contribution in [3.63, 3.8) is 0 Å². The molecule has 0 bridgehead atoms. The summed E-state index contributed by atoms with van der Waals surface area (Å²) in [5.74, 6) is -1.69. The molecule has 25 heavy (non-hydrogen) atoms. The highest BCUT2D eigenvalue weighted by molar-refractivity contribution is 7.89. The maximum absolute atomic E-state index is 13.7. The van der Waals surface area contributed by atoms with Crippen molar-refractivity contribution >= 4 is 10.0 Å². The Morgan fingerprint density at radius 1 is 1.24 bits per heavy atom. The molecule has 1 aliphatic heterocycles. The van der Waals surface area contributed by atoms with Gasteiger partial charge in [-0.05, 0) is 31.4 Å². The predicted molar refractivity (Wildman–Crippen MR) is 86.4 cm³/mol. The summed E-state index contributed by atoms with van der Waals surface area (Å²) in [7, 11) is -3.78. The standard InChI is InChI=1S/C15H18F2N4O3S/c16-11-4-3-5-12(17)10(11)7-9-25(23,24)21-8-2-1-6-13(21)14-18-15(22)20-19-14/h3-5,13H,1-2,6-9H2,(H2,18,19,20,22). The summed E-state index contributed by atoms with van der Waals surface area (Å²) in [5, 5.41) is 6.06. The van der Waals surface area contributed by atoms with E-state index in [1.165, 1.54) is 10.4 Å². The van der Waals surface area contributed by atoms with Crippen LogP contribution in [-0.4, -0.2) is 40.2 Å². The van der Waals surface area contributed by atoms with Gasteiger partial charge in [-0.2, -0.15) is 9.40 Å². The van der Waals surface area contributed by atoms with E-state index in [9.17, 15) is 22.0 Å². The lowest BCUT2D eigenvalue weighted by atomic mass is 10.0. The number of hydrogen-bond donors (Lipinski definition) is 2. The van der Waals surface area contributed by atoms with Crippen LogP contribution >= 0.6 is 0 Å². The van der Waals surface area contributed by atoms with E-state index >= 15 is 0 Å². The topological polar surface area (TPSA) is 98.9 Å². The van der Waals surface area contributed by atoms with Gasteiger partial charge < -0.3 is 0 Å². The minimum atomic E-state index is -3.78. The zero-order chi connectivity index (χ0) is 18.0. The van der Waals surface area contributed by atoms with Gasteiger partial charge in [-0.1, -0.05) is 12.5 Å². The SMILES string of the molecule is O=c1[nH]nc(C2CCCCN2S(=O)(=O)CCc2c(F)cccc2F)[nH]1. The first-order valence-corrected chi connectivity index (χ1v) is 9.56. The van der Waals surface area contributed by atoms with Crippen LogP contribution in [0.5, 0.6) is 0 Å². The molecule has 0 aliphatic carbocycles. The Kier molecular flexibility index (Phi) is 5.00. The molecule has 7 nitrogen and oxygen atoms in total. The fourth-order valence-electron chi connectivity index (χ4n) is 3.07. The fourth-order valence-corrected chi connectivity index (χ4v) is 4.77.